The molecule has 1 fully saturated rings. The van der Waals surface area contributed by atoms with E-state index in [0.717, 1.165) is 25.1 Å². The van der Waals surface area contributed by atoms with Crippen molar-refractivity contribution >= 4 is 18.4 Å². The summed E-state index contributed by atoms with van der Waals surface area (Å²) < 4.78 is 46.0. The lowest BCUT2D eigenvalue weighted by molar-refractivity contribution is -0.137. The Morgan fingerprint density at radius 1 is 1.39 bits per heavy atom. The van der Waals surface area contributed by atoms with Gasteiger partial charge in [0.25, 0.3) is 0 Å². The number of aromatic amines is 1. The molecule has 0 saturated carbocycles. The smallest absolute Gasteiger partial charge is 0.370 e. The van der Waals surface area contributed by atoms with Gasteiger partial charge in [0.1, 0.15) is 6.10 Å². The molecule has 1 N–H and O–H groups in total. The van der Waals surface area contributed by atoms with Crippen molar-refractivity contribution in [2.75, 3.05) is 6.61 Å². The second-order valence-corrected chi connectivity index (χ2v) is 5.42. The highest BCUT2D eigenvalue weighted by atomic mass is 32.1. The first-order valence-corrected chi connectivity index (χ1v) is 7.37. The number of H-pyrrole nitrogens is 1. The van der Waals surface area contributed by atoms with Crippen LogP contribution in [0, 0.1) is 4.77 Å². The third-order valence-electron chi connectivity index (χ3n) is 3.47. The number of alkyl halides is 3. The van der Waals surface area contributed by atoms with Crippen LogP contribution in [0.25, 0.3) is 0 Å². The van der Waals surface area contributed by atoms with Crippen LogP contribution in [0.1, 0.15) is 35.9 Å². The largest absolute Gasteiger partial charge is 0.417 e. The molecule has 0 amide bonds. The fraction of sp³-hybridized carbons (Fsp3) is 0.357. The molecule has 1 aliphatic rings. The van der Waals surface area contributed by atoms with E-state index in [9.17, 15) is 13.2 Å². The van der Waals surface area contributed by atoms with Crippen LogP contribution in [-0.2, 0) is 10.9 Å². The molecule has 0 aliphatic carbocycles. The minimum absolute atomic E-state index is 0.0404. The fourth-order valence-electron chi connectivity index (χ4n) is 2.39. The summed E-state index contributed by atoms with van der Waals surface area (Å²) in [6.45, 7) is 0.616. The van der Waals surface area contributed by atoms with E-state index in [1.165, 1.54) is 22.9 Å². The van der Waals surface area contributed by atoms with Crippen LogP contribution in [0.5, 0.6) is 0 Å². The minimum Gasteiger partial charge on any atom is -0.370 e. The molecular formula is C14H13F3N4OS. The Balaban J connectivity index is 1.96. The van der Waals surface area contributed by atoms with Gasteiger partial charge in [-0.1, -0.05) is 18.2 Å². The normalized spacial score (nSPS) is 18.8. The predicted octanol–water partition coefficient (Wildman–Crippen LogP) is 3.69. The summed E-state index contributed by atoms with van der Waals surface area (Å²) in [7, 11) is 0. The van der Waals surface area contributed by atoms with Crippen molar-refractivity contribution < 1.29 is 17.9 Å². The monoisotopic (exact) mass is 342 g/mol. The Bertz CT molecular complexity index is 775. The molecule has 2 aromatic rings. The van der Waals surface area contributed by atoms with Crippen LogP contribution in [0.15, 0.2) is 29.4 Å². The zero-order valence-electron chi connectivity index (χ0n) is 11.9. The van der Waals surface area contributed by atoms with Crippen LogP contribution in [-0.4, -0.2) is 27.7 Å². The van der Waals surface area contributed by atoms with Gasteiger partial charge >= 0.3 is 6.18 Å². The Morgan fingerprint density at radius 3 is 2.87 bits per heavy atom. The van der Waals surface area contributed by atoms with Crippen LogP contribution < -0.4 is 0 Å². The molecule has 3 rings (SSSR count). The summed E-state index contributed by atoms with van der Waals surface area (Å²) in [6, 6.07) is 5.21. The summed E-state index contributed by atoms with van der Waals surface area (Å²) in [6.07, 6.45) is -1.90. The van der Waals surface area contributed by atoms with E-state index in [-0.39, 0.29) is 16.4 Å². The van der Waals surface area contributed by atoms with Crippen molar-refractivity contribution in [2.24, 2.45) is 5.10 Å². The van der Waals surface area contributed by atoms with Gasteiger partial charge < -0.3 is 4.74 Å². The van der Waals surface area contributed by atoms with E-state index in [1.807, 2.05) is 0 Å². The molecule has 2 heterocycles. The molecule has 1 aromatic carbocycles. The molecule has 23 heavy (non-hydrogen) atoms. The quantitative estimate of drug-likeness (QED) is 0.684. The number of benzene rings is 1. The Hall–Kier alpha value is -2.00. The first-order chi connectivity index (χ1) is 11.0. The van der Waals surface area contributed by atoms with E-state index in [4.69, 9.17) is 17.0 Å². The van der Waals surface area contributed by atoms with Gasteiger partial charge in [-0.25, -0.2) is 0 Å². The Labute approximate surface area is 134 Å². The second kappa shape index (κ2) is 6.25. The highest BCUT2D eigenvalue weighted by Crippen LogP contribution is 2.31. The molecule has 1 unspecified atom stereocenters. The molecule has 1 aromatic heterocycles. The summed E-state index contributed by atoms with van der Waals surface area (Å²) in [5, 5.41) is 10.7. The SMILES string of the molecule is FC(F)(F)c1ccccc1/C=N\n1c(C2CCCO2)n[nH]c1=S. The van der Waals surface area contributed by atoms with Crippen LogP contribution in [0.4, 0.5) is 13.2 Å². The topological polar surface area (TPSA) is 55.2 Å². The number of hydrogen-bond acceptors (Lipinski definition) is 4. The van der Waals surface area contributed by atoms with Crippen molar-refractivity contribution in [2.45, 2.75) is 25.1 Å². The van der Waals surface area contributed by atoms with E-state index in [1.54, 1.807) is 0 Å². The number of rotatable bonds is 3. The zero-order chi connectivity index (χ0) is 16.4. The lowest BCUT2D eigenvalue weighted by atomic mass is 10.1. The van der Waals surface area contributed by atoms with Gasteiger partial charge in [0.15, 0.2) is 5.82 Å². The molecular weight excluding hydrogens is 329 g/mol. The van der Waals surface area contributed by atoms with Crippen LogP contribution in [0.3, 0.4) is 0 Å². The number of nitrogens with one attached hydrogen (secondary N) is 1. The summed E-state index contributed by atoms with van der Waals surface area (Å²) >= 11 is 5.08. The van der Waals surface area contributed by atoms with Gasteiger partial charge in [-0.3, -0.25) is 5.10 Å². The molecule has 9 heteroatoms. The van der Waals surface area contributed by atoms with Gasteiger partial charge in [-0.05, 0) is 31.1 Å². The molecule has 5 nitrogen and oxygen atoms in total. The standard InChI is InChI=1S/C14H13F3N4OS/c15-14(16,17)10-5-2-1-4-9(10)8-18-21-12(19-20-13(21)23)11-6-3-7-22-11/h1-2,4-5,8,11H,3,6-7H2,(H,20,23)/b18-8-. The van der Waals surface area contributed by atoms with Crippen LogP contribution in [0.2, 0.25) is 0 Å². The predicted molar refractivity (Wildman–Crippen MR) is 79.8 cm³/mol. The van der Waals surface area contributed by atoms with Gasteiger partial charge in [0.2, 0.25) is 4.77 Å². The van der Waals surface area contributed by atoms with E-state index in [0.29, 0.717) is 12.4 Å². The highest BCUT2D eigenvalue weighted by molar-refractivity contribution is 7.71. The second-order valence-electron chi connectivity index (χ2n) is 5.03. The molecule has 0 radical (unpaired) electrons. The lowest BCUT2D eigenvalue weighted by Gasteiger charge is -2.10. The van der Waals surface area contributed by atoms with Crippen molar-refractivity contribution in [3.8, 4) is 0 Å². The van der Waals surface area contributed by atoms with Crippen LogP contribution >= 0.6 is 12.2 Å². The van der Waals surface area contributed by atoms with Gasteiger partial charge in [-0.2, -0.15) is 28.0 Å². The number of nitrogens with zero attached hydrogens (tertiary/aromatic N) is 3. The van der Waals surface area contributed by atoms with E-state index < -0.39 is 11.7 Å². The molecule has 1 saturated heterocycles. The molecule has 0 spiro atoms. The summed E-state index contributed by atoms with van der Waals surface area (Å²) in [5.41, 5.74) is -0.793. The molecule has 122 valence electrons. The maximum atomic E-state index is 13.0. The number of hydrogen-bond donors (Lipinski definition) is 1. The number of halogens is 3. The average molecular weight is 342 g/mol. The average Bonchev–Trinajstić information content (AvgIpc) is 3.14. The fourth-order valence-corrected chi connectivity index (χ4v) is 2.58. The molecule has 1 atom stereocenters. The third-order valence-corrected chi connectivity index (χ3v) is 3.74. The lowest BCUT2D eigenvalue weighted by Crippen LogP contribution is -2.09. The van der Waals surface area contributed by atoms with Crippen molar-refractivity contribution in [1.82, 2.24) is 14.9 Å². The van der Waals surface area contributed by atoms with Gasteiger partial charge in [-0.15, -0.1) is 0 Å². The minimum atomic E-state index is -4.45. The van der Waals surface area contributed by atoms with Crippen molar-refractivity contribution in [3.05, 3.63) is 46.0 Å². The first kappa shape index (κ1) is 15.9. The van der Waals surface area contributed by atoms with E-state index in [2.05, 4.69) is 15.3 Å². The van der Waals surface area contributed by atoms with Gasteiger partial charge in [0, 0.05) is 12.2 Å². The maximum absolute atomic E-state index is 13.0. The maximum Gasteiger partial charge on any atom is 0.417 e. The van der Waals surface area contributed by atoms with Crippen molar-refractivity contribution in [1.29, 1.82) is 0 Å². The zero-order valence-corrected chi connectivity index (χ0v) is 12.7. The van der Waals surface area contributed by atoms with Gasteiger partial charge in [0.05, 0.1) is 11.8 Å². The number of aromatic nitrogens is 3. The van der Waals surface area contributed by atoms with E-state index >= 15 is 0 Å². The summed E-state index contributed by atoms with van der Waals surface area (Å²) in [5.74, 6) is 0.466. The highest BCUT2D eigenvalue weighted by Gasteiger charge is 2.32. The summed E-state index contributed by atoms with van der Waals surface area (Å²) in [4.78, 5) is 0. The third kappa shape index (κ3) is 3.35. The Kier molecular flexibility index (Phi) is 4.31. The molecule has 0 bridgehead atoms. The number of ether oxygens (including phenoxy) is 1. The molecule has 1 aliphatic heterocycles. The Morgan fingerprint density at radius 2 is 2.17 bits per heavy atom. The van der Waals surface area contributed by atoms with Crippen molar-refractivity contribution in [3.63, 3.8) is 0 Å². The first-order valence-electron chi connectivity index (χ1n) is 6.96.